The van der Waals surface area contributed by atoms with Crippen LogP contribution >= 0.6 is 15.9 Å². The first-order chi connectivity index (χ1) is 7.41. The Morgan fingerprint density at radius 3 is 2.31 bits per heavy atom. The normalized spacial score (nSPS) is 11.9. The van der Waals surface area contributed by atoms with E-state index in [1.54, 1.807) is 24.3 Å². The van der Waals surface area contributed by atoms with Crippen molar-refractivity contribution in [1.29, 1.82) is 0 Å². The molecule has 0 aliphatic rings. The first-order valence-corrected chi connectivity index (χ1v) is 7.16. The third-order valence-corrected chi connectivity index (χ3v) is 4.05. The molecule has 0 N–H and O–H groups in total. The number of fused-ring (bicyclic) bond motifs is 1. The maximum absolute atomic E-state index is 13.9. The van der Waals surface area contributed by atoms with Gasteiger partial charge in [-0.3, -0.25) is 0 Å². The number of halogens is 2. The molecule has 0 aromatic heterocycles. The lowest BCUT2D eigenvalue weighted by Crippen LogP contribution is -2.01. The molecule has 2 aromatic rings. The second kappa shape index (κ2) is 3.82. The molecule has 0 heterocycles. The lowest BCUT2D eigenvalue weighted by molar-refractivity contribution is 0.576. The number of sulfone groups is 1. The molecule has 2 aromatic carbocycles. The van der Waals surface area contributed by atoms with Gasteiger partial charge in [0, 0.05) is 16.1 Å². The molecule has 0 saturated carbocycles. The quantitative estimate of drug-likeness (QED) is 0.811. The zero-order valence-corrected chi connectivity index (χ0v) is 10.8. The maximum Gasteiger partial charge on any atom is 0.178 e. The number of hydrogen-bond acceptors (Lipinski definition) is 2. The summed E-state index contributed by atoms with van der Waals surface area (Å²) < 4.78 is 37.3. The summed E-state index contributed by atoms with van der Waals surface area (Å²) in [6, 6.07) is 8.03. The second-order valence-corrected chi connectivity index (χ2v) is 6.33. The Labute approximate surface area is 101 Å². The standard InChI is InChI=1S/C11H8BrFO2S/c1-16(14,15)10-6-9(12)7-4-2-3-5-8(7)11(10)13/h2-6H,1H3. The Bertz CT molecular complexity index is 665. The van der Waals surface area contributed by atoms with Gasteiger partial charge in [0.2, 0.25) is 0 Å². The minimum Gasteiger partial charge on any atom is -0.224 e. The molecular weight excluding hydrogens is 295 g/mol. The van der Waals surface area contributed by atoms with Gasteiger partial charge >= 0.3 is 0 Å². The summed E-state index contributed by atoms with van der Waals surface area (Å²) in [6.45, 7) is 0. The van der Waals surface area contributed by atoms with E-state index >= 15 is 0 Å². The van der Waals surface area contributed by atoms with Crippen molar-refractivity contribution < 1.29 is 12.8 Å². The van der Waals surface area contributed by atoms with Crippen LogP contribution in [0.1, 0.15) is 0 Å². The smallest absolute Gasteiger partial charge is 0.178 e. The molecule has 0 spiro atoms. The Balaban J connectivity index is 2.97. The predicted octanol–water partition coefficient (Wildman–Crippen LogP) is 3.14. The molecule has 0 atom stereocenters. The third-order valence-electron chi connectivity index (χ3n) is 2.29. The topological polar surface area (TPSA) is 34.1 Å². The zero-order chi connectivity index (χ0) is 11.9. The van der Waals surface area contributed by atoms with E-state index in [4.69, 9.17) is 0 Å². The van der Waals surface area contributed by atoms with Gasteiger partial charge in [-0.05, 0) is 11.5 Å². The molecule has 0 aliphatic carbocycles. The Kier molecular flexibility index (Phi) is 2.75. The molecular formula is C11H8BrFO2S. The number of rotatable bonds is 1. The molecule has 0 bridgehead atoms. The molecule has 0 aliphatic heterocycles. The first kappa shape index (κ1) is 11.5. The van der Waals surface area contributed by atoms with Gasteiger partial charge in [0.1, 0.15) is 10.7 Å². The fourth-order valence-electron chi connectivity index (χ4n) is 1.54. The van der Waals surface area contributed by atoms with Gasteiger partial charge in [0.05, 0.1) is 0 Å². The molecule has 16 heavy (non-hydrogen) atoms. The maximum atomic E-state index is 13.9. The fraction of sp³-hybridized carbons (Fsp3) is 0.0909. The van der Waals surface area contributed by atoms with Crippen LogP contribution < -0.4 is 0 Å². The minimum absolute atomic E-state index is 0.280. The second-order valence-electron chi connectivity index (χ2n) is 3.49. The minimum atomic E-state index is -3.55. The first-order valence-electron chi connectivity index (χ1n) is 4.48. The molecule has 5 heteroatoms. The van der Waals surface area contributed by atoms with Crippen LogP contribution in [0, 0.1) is 5.82 Å². The SMILES string of the molecule is CS(=O)(=O)c1cc(Br)c2ccccc2c1F. The van der Waals surface area contributed by atoms with Crippen molar-refractivity contribution in [3.8, 4) is 0 Å². The summed E-state index contributed by atoms with van der Waals surface area (Å²) in [5, 5.41) is 0.963. The van der Waals surface area contributed by atoms with E-state index < -0.39 is 15.7 Å². The van der Waals surface area contributed by atoms with E-state index in [1.165, 1.54) is 6.07 Å². The van der Waals surface area contributed by atoms with Crippen molar-refractivity contribution in [2.45, 2.75) is 4.90 Å². The van der Waals surface area contributed by atoms with Gasteiger partial charge in [0.15, 0.2) is 9.84 Å². The fourth-order valence-corrected chi connectivity index (χ4v) is 3.04. The van der Waals surface area contributed by atoms with Crippen LogP contribution in [0.2, 0.25) is 0 Å². The highest BCUT2D eigenvalue weighted by molar-refractivity contribution is 9.10. The molecule has 0 saturated heterocycles. The summed E-state index contributed by atoms with van der Waals surface area (Å²) in [6.07, 6.45) is 0.993. The van der Waals surface area contributed by atoms with Gasteiger partial charge < -0.3 is 0 Å². The van der Waals surface area contributed by atoms with Gasteiger partial charge in [0.25, 0.3) is 0 Å². The Morgan fingerprint density at radius 2 is 1.75 bits per heavy atom. The summed E-state index contributed by atoms with van der Waals surface area (Å²) in [4.78, 5) is -0.280. The van der Waals surface area contributed by atoms with Gasteiger partial charge in [-0.25, -0.2) is 12.8 Å². The van der Waals surface area contributed by atoms with E-state index in [2.05, 4.69) is 15.9 Å². The highest BCUT2D eigenvalue weighted by Crippen LogP contribution is 2.30. The predicted molar refractivity (Wildman–Crippen MR) is 64.7 cm³/mol. The van der Waals surface area contributed by atoms with Crippen LogP contribution in [-0.4, -0.2) is 14.7 Å². The molecule has 2 nitrogen and oxygen atoms in total. The lowest BCUT2D eigenvalue weighted by atomic mass is 10.1. The van der Waals surface area contributed by atoms with Crippen LogP contribution in [0.5, 0.6) is 0 Å². The van der Waals surface area contributed by atoms with Gasteiger partial charge in [-0.15, -0.1) is 0 Å². The molecule has 0 unspecified atom stereocenters. The Hall–Kier alpha value is -0.940. The lowest BCUT2D eigenvalue weighted by Gasteiger charge is -2.06. The molecule has 84 valence electrons. The van der Waals surface area contributed by atoms with Crippen LogP contribution in [-0.2, 0) is 9.84 Å². The summed E-state index contributed by atoms with van der Waals surface area (Å²) in [5.41, 5.74) is 0. The summed E-state index contributed by atoms with van der Waals surface area (Å²) >= 11 is 3.24. The Morgan fingerprint density at radius 1 is 1.19 bits per heavy atom. The van der Waals surface area contributed by atoms with Crippen molar-refractivity contribution in [1.82, 2.24) is 0 Å². The molecule has 2 rings (SSSR count). The van der Waals surface area contributed by atoms with Crippen LogP contribution in [0.4, 0.5) is 4.39 Å². The zero-order valence-electron chi connectivity index (χ0n) is 8.37. The third kappa shape index (κ3) is 1.85. The molecule has 0 radical (unpaired) electrons. The largest absolute Gasteiger partial charge is 0.224 e. The van der Waals surface area contributed by atoms with Crippen molar-refractivity contribution in [2.24, 2.45) is 0 Å². The average molecular weight is 303 g/mol. The van der Waals surface area contributed by atoms with Gasteiger partial charge in [-0.1, -0.05) is 40.2 Å². The summed E-state index contributed by atoms with van der Waals surface area (Å²) in [7, 11) is -3.55. The van der Waals surface area contributed by atoms with Crippen LogP contribution in [0.3, 0.4) is 0 Å². The van der Waals surface area contributed by atoms with E-state index in [1.807, 2.05) is 0 Å². The highest BCUT2D eigenvalue weighted by atomic mass is 79.9. The van der Waals surface area contributed by atoms with Crippen molar-refractivity contribution in [3.63, 3.8) is 0 Å². The van der Waals surface area contributed by atoms with E-state index in [0.29, 0.717) is 15.2 Å². The van der Waals surface area contributed by atoms with Crippen LogP contribution in [0.15, 0.2) is 39.7 Å². The van der Waals surface area contributed by atoms with E-state index in [-0.39, 0.29) is 4.90 Å². The monoisotopic (exact) mass is 302 g/mol. The van der Waals surface area contributed by atoms with Crippen molar-refractivity contribution in [3.05, 3.63) is 40.6 Å². The van der Waals surface area contributed by atoms with Crippen LogP contribution in [0.25, 0.3) is 10.8 Å². The van der Waals surface area contributed by atoms with Crippen molar-refractivity contribution >= 4 is 36.5 Å². The molecule has 0 fully saturated rings. The highest BCUT2D eigenvalue weighted by Gasteiger charge is 2.17. The van der Waals surface area contributed by atoms with E-state index in [9.17, 15) is 12.8 Å². The average Bonchev–Trinajstić information content (AvgIpc) is 2.22. The van der Waals surface area contributed by atoms with Gasteiger partial charge in [-0.2, -0.15) is 0 Å². The van der Waals surface area contributed by atoms with Crippen molar-refractivity contribution in [2.75, 3.05) is 6.26 Å². The number of hydrogen-bond donors (Lipinski definition) is 0. The summed E-state index contributed by atoms with van der Waals surface area (Å²) in [5.74, 6) is -0.693. The number of benzene rings is 2. The molecule has 0 amide bonds. The van der Waals surface area contributed by atoms with E-state index in [0.717, 1.165) is 6.26 Å².